The molecule has 0 spiro atoms. The van der Waals surface area contributed by atoms with E-state index >= 15 is 0 Å². The summed E-state index contributed by atoms with van der Waals surface area (Å²) in [5, 5.41) is 2.78. The number of amides is 1. The molecule has 7 heteroatoms. The molecule has 1 amide bonds. The number of carbonyl (C=O) groups is 1. The maximum Gasteiger partial charge on any atom is 0.197 e. The number of nitrogen functional groups attached to an aromatic ring is 1. The van der Waals surface area contributed by atoms with Crippen LogP contribution < -0.4 is 11.1 Å². The first-order valence-electron chi connectivity index (χ1n) is 5.19. The molecule has 6 nitrogen and oxygen atoms in total. The van der Waals surface area contributed by atoms with Crippen molar-refractivity contribution in [2.75, 3.05) is 5.73 Å². The zero-order chi connectivity index (χ0) is 12.4. The summed E-state index contributed by atoms with van der Waals surface area (Å²) in [6.45, 7) is 2.26. The Kier molecular flexibility index (Phi) is 5.10. The van der Waals surface area contributed by atoms with Crippen LogP contribution >= 0.6 is 0 Å². The second kappa shape index (κ2) is 6.15. The van der Waals surface area contributed by atoms with Crippen LogP contribution in [-0.4, -0.2) is 20.4 Å². The molecule has 0 atom stereocenters. The Morgan fingerprint density at radius 1 is 1.67 bits per heavy atom. The normalized spacial score (nSPS) is 9.89. The molecule has 2 heterocycles. The van der Waals surface area contributed by atoms with Gasteiger partial charge in [-0.3, -0.25) is 4.79 Å². The van der Waals surface area contributed by atoms with Gasteiger partial charge in [-0.25, -0.2) is 17.1 Å². The number of aromatic nitrogens is 3. The third kappa shape index (κ3) is 3.20. The summed E-state index contributed by atoms with van der Waals surface area (Å²) in [4.78, 5) is 18.5. The third-order valence-corrected chi connectivity index (χ3v) is 2.60. The predicted octanol–water partition coefficient (Wildman–Crippen LogP) is 0.367. The fraction of sp³-hybridized carbons (Fsp3) is 0.273. The summed E-state index contributed by atoms with van der Waals surface area (Å²) in [6.07, 6.45) is 1.60. The van der Waals surface area contributed by atoms with E-state index in [0.29, 0.717) is 18.2 Å². The van der Waals surface area contributed by atoms with E-state index in [1.165, 1.54) is 0 Å². The van der Waals surface area contributed by atoms with Crippen molar-refractivity contribution in [2.24, 2.45) is 7.05 Å². The van der Waals surface area contributed by atoms with Crippen molar-refractivity contribution in [1.82, 2.24) is 19.9 Å². The fourth-order valence-corrected chi connectivity index (χ4v) is 1.50. The van der Waals surface area contributed by atoms with Gasteiger partial charge in [0.05, 0.1) is 18.4 Å². The number of aromatic amines is 1. The van der Waals surface area contributed by atoms with E-state index in [2.05, 4.69) is 21.4 Å². The number of anilines is 1. The Hall–Kier alpha value is -1.14. The summed E-state index contributed by atoms with van der Waals surface area (Å²) in [7, 11) is 1.83. The molecule has 2 aromatic heterocycles. The number of nitrogens with one attached hydrogen (secondary N) is 2. The summed E-state index contributed by atoms with van der Waals surface area (Å²) in [5.41, 5.74) is 7.70. The molecule has 0 saturated carbocycles. The van der Waals surface area contributed by atoms with Crippen molar-refractivity contribution in [3.8, 4) is 0 Å². The maximum atomic E-state index is 11.8. The smallest absolute Gasteiger partial charge is 0.197 e. The third-order valence-electron chi connectivity index (χ3n) is 2.60. The summed E-state index contributed by atoms with van der Waals surface area (Å²) in [6, 6.07) is 4.65. The van der Waals surface area contributed by atoms with Gasteiger partial charge in [0, 0.05) is 32.7 Å². The molecule has 2 rings (SSSR count). The molecule has 1 radical (unpaired) electrons. The molecule has 0 aliphatic heterocycles. The second-order valence-corrected chi connectivity index (χ2v) is 3.79. The van der Waals surface area contributed by atoms with Gasteiger partial charge in [0.15, 0.2) is 11.9 Å². The summed E-state index contributed by atoms with van der Waals surface area (Å²) >= 11 is 0. The summed E-state index contributed by atoms with van der Waals surface area (Å²) in [5.74, 6) is 0.197. The van der Waals surface area contributed by atoms with E-state index in [1.807, 2.05) is 14.0 Å². The molecular formula is C11H14N5OY-. The molecule has 0 saturated heterocycles. The van der Waals surface area contributed by atoms with E-state index in [-0.39, 0.29) is 38.6 Å². The van der Waals surface area contributed by atoms with Crippen LogP contribution in [0.15, 0.2) is 12.3 Å². The van der Waals surface area contributed by atoms with Crippen LogP contribution in [0.2, 0.25) is 0 Å². The SMILES string of the molecule is Cc1[c-]cc(C(=O)NCc2cnc(N)[nH]2)n1C.[Y]. The zero-order valence-electron chi connectivity index (χ0n) is 10.3. The largest absolute Gasteiger partial charge is 0.437 e. The topological polar surface area (TPSA) is 88.7 Å². The summed E-state index contributed by atoms with van der Waals surface area (Å²) < 4.78 is 1.79. The van der Waals surface area contributed by atoms with Crippen molar-refractivity contribution >= 4 is 11.9 Å². The van der Waals surface area contributed by atoms with Crippen LogP contribution in [0.3, 0.4) is 0 Å². The number of H-pyrrole nitrogens is 1. The molecule has 0 aliphatic rings. The van der Waals surface area contributed by atoms with Gasteiger partial charge in [-0.15, -0.1) is 0 Å². The fourth-order valence-electron chi connectivity index (χ4n) is 1.50. The van der Waals surface area contributed by atoms with E-state index in [9.17, 15) is 4.79 Å². The van der Waals surface area contributed by atoms with Crippen molar-refractivity contribution < 1.29 is 37.5 Å². The average Bonchev–Trinajstić information content (AvgIpc) is 2.84. The Labute approximate surface area is 130 Å². The monoisotopic (exact) mass is 321 g/mol. The van der Waals surface area contributed by atoms with Crippen molar-refractivity contribution in [1.29, 1.82) is 0 Å². The molecule has 0 fully saturated rings. The number of nitrogens with zero attached hydrogens (tertiary/aromatic N) is 2. The molecular weight excluding hydrogens is 307 g/mol. The molecule has 2 aromatic rings. The first kappa shape index (κ1) is 14.9. The van der Waals surface area contributed by atoms with Crippen LogP contribution in [0.4, 0.5) is 5.95 Å². The number of nitrogens with two attached hydrogens (primary N) is 1. The molecule has 0 aliphatic carbocycles. The van der Waals surface area contributed by atoms with Gasteiger partial charge in [-0.05, 0) is 19.7 Å². The Bertz CT molecular complexity index is 545. The quantitative estimate of drug-likeness (QED) is 0.714. The zero-order valence-corrected chi connectivity index (χ0v) is 13.2. The van der Waals surface area contributed by atoms with Gasteiger partial charge < -0.3 is 20.6 Å². The van der Waals surface area contributed by atoms with E-state index in [0.717, 1.165) is 11.4 Å². The average molecular weight is 321 g/mol. The number of hydrogen-bond acceptors (Lipinski definition) is 3. The van der Waals surface area contributed by atoms with E-state index in [1.54, 1.807) is 16.8 Å². The standard InChI is InChI=1S/C11H14N5O.Y/c1-7-3-4-9(16(7)2)10(17)13-5-8-6-14-11(12)15-8;/h4,6H,5H2,1-2H3,(H,13,17)(H3,12,14,15);/q-1;. The van der Waals surface area contributed by atoms with Gasteiger partial charge in [0.2, 0.25) is 0 Å². The van der Waals surface area contributed by atoms with Crippen molar-refractivity contribution in [2.45, 2.75) is 13.5 Å². The number of carbonyl (C=O) groups excluding carboxylic acids is 1. The minimum absolute atomic E-state index is 0. The minimum Gasteiger partial charge on any atom is -0.437 e. The predicted molar refractivity (Wildman–Crippen MR) is 63.2 cm³/mol. The molecule has 18 heavy (non-hydrogen) atoms. The van der Waals surface area contributed by atoms with Crippen LogP contribution in [0.1, 0.15) is 21.9 Å². The van der Waals surface area contributed by atoms with E-state index < -0.39 is 0 Å². The molecule has 4 N–H and O–H groups in total. The molecule has 0 bridgehead atoms. The number of aryl methyl sites for hydroxylation is 1. The number of hydrogen-bond donors (Lipinski definition) is 3. The van der Waals surface area contributed by atoms with Crippen LogP contribution in [0.25, 0.3) is 0 Å². The van der Waals surface area contributed by atoms with Crippen LogP contribution in [-0.2, 0) is 46.3 Å². The molecule has 0 unspecified atom stereocenters. The van der Waals surface area contributed by atoms with Gasteiger partial charge >= 0.3 is 0 Å². The second-order valence-electron chi connectivity index (χ2n) is 3.79. The van der Waals surface area contributed by atoms with Gasteiger partial charge in [0.1, 0.15) is 0 Å². The Morgan fingerprint density at radius 2 is 2.39 bits per heavy atom. The van der Waals surface area contributed by atoms with Crippen LogP contribution in [0.5, 0.6) is 0 Å². The van der Waals surface area contributed by atoms with Crippen LogP contribution in [0, 0.1) is 13.0 Å². The minimum atomic E-state index is -0.148. The Morgan fingerprint density at radius 3 is 2.89 bits per heavy atom. The Balaban J connectivity index is 0.00000162. The van der Waals surface area contributed by atoms with Gasteiger partial charge in [-0.1, -0.05) is 5.69 Å². The van der Waals surface area contributed by atoms with Gasteiger partial charge in [-0.2, -0.15) is 0 Å². The first-order chi connectivity index (χ1) is 8.08. The number of rotatable bonds is 3. The molecule has 93 valence electrons. The van der Waals surface area contributed by atoms with Gasteiger partial charge in [0.25, 0.3) is 0 Å². The maximum absolute atomic E-state index is 11.8. The van der Waals surface area contributed by atoms with Crippen molar-refractivity contribution in [3.63, 3.8) is 0 Å². The molecule has 0 aromatic carbocycles. The first-order valence-corrected chi connectivity index (χ1v) is 5.19. The van der Waals surface area contributed by atoms with E-state index in [4.69, 9.17) is 5.73 Å². The number of imidazole rings is 1. The van der Waals surface area contributed by atoms with Crippen molar-refractivity contribution in [3.05, 3.63) is 35.4 Å².